The van der Waals surface area contributed by atoms with Gasteiger partial charge in [-0.2, -0.15) is 0 Å². The van der Waals surface area contributed by atoms with Crippen molar-refractivity contribution >= 4 is 35.8 Å². The molecule has 14 heavy (non-hydrogen) atoms. The fourth-order valence-corrected chi connectivity index (χ4v) is 0.963. The normalized spacial score (nSPS) is 9.29. The zero-order valence-electron chi connectivity index (χ0n) is 8.14. The third kappa shape index (κ3) is 1.82. The predicted octanol–water partition coefficient (Wildman–Crippen LogP) is -1.78. The summed E-state index contributed by atoms with van der Waals surface area (Å²) in [6.45, 7) is 0. The van der Waals surface area contributed by atoms with Crippen LogP contribution in [0.1, 0.15) is 10.4 Å². The van der Waals surface area contributed by atoms with Gasteiger partial charge >= 0.3 is 5.69 Å². The first-order valence-electron chi connectivity index (χ1n) is 3.45. The fraction of sp³-hybridized carbons (Fsp3) is 0.286. The van der Waals surface area contributed by atoms with Crippen LogP contribution in [0.3, 0.4) is 0 Å². The molecule has 0 unspecified atom stereocenters. The van der Waals surface area contributed by atoms with Crippen molar-refractivity contribution in [3.8, 4) is 5.88 Å². The minimum atomic E-state index is -0.796. The first kappa shape index (κ1) is 13.2. The van der Waals surface area contributed by atoms with Crippen LogP contribution in [-0.2, 0) is 14.1 Å². The van der Waals surface area contributed by atoms with Crippen LogP contribution in [0.15, 0.2) is 9.59 Å². The Labute approximate surface area is 101 Å². The van der Waals surface area contributed by atoms with Crippen molar-refractivity contribution in [2.75, 3.05) is 0 Å². The molecule has 0 fully saturated rings. The molecule has 0 aliphatic heterocycles. The van der Waals surface area contributed by atoms with Crippen LogP contribution in [0, 0.1) is 0 Å². The summed E-state index contributed by atoms with van der Waals surface area (Å²) < 4.78 is 1.58. The molecule has 7 heteroatoms. The Kier molecular flexibility index (Phi) is 4.31. The average molecular weight is 207 g/mol. The Morgan fingerprint density at radius 3 is 2.14 bits per heavy atom. The van der Waals surface area contributed by atoms with E-state index in [2.05, 4.69) is 0 Å². The van der Waals surface area contributed by atoms with Gasteiger partial charge in [-0.1, -0.05) is 0 Å². The van der Waals surface area contributed by atoms with Crippen molar-refractivity contribution in [3.63, 3.8) is 0 Å². The van der Waals surface area contributed by atoms with Crippen molar-refractivity contribution < 1.29 is 9.90 Å². The molecule has 0 atom stereocenters. The maximum absolute atomic E-state index is 11.2. The SMILES string of the molecule is Cn1c(O)c(C=O)c(=O)n(C)c1=O.[Na]. The van der Waals surface area contributed by atoms with Crippen LogP contribution in [0.5, 0.6) is 5.88 Å². The van der Waals surface area contributed by atoms with Gasteiger partial charge in [-0.15, -0.1) is 0 Å². The van der Waals surface area contributed by atoms with Crippen molar-refractivity contribution in [1.29, 1.82) is 0 Å². The van der Waals surface area contributed by atoms with Crippen molar-refractivity contribution in [2.45, 2.75) is 0 Å². The molecule has 0 aliphatic rings. The monoisotopic (exact) mass is 207 g/mol. The topological polar surface area (TPSA) is 81.3 Å². The molecule has 0 amide bonds. The minimum absolute atomic E-state index is 0. The number of carbonyl (C=O) groups excluding carboxylic acids is 1. The smallest absolute Gasteiger partial charge is 0.333 e. The number of aromatic hydroxyl groups is 1. The standard InChI is InChI=1S/C7H8N2O4.Na/c1-8-5(11)4(3-10)6(12)9(2)7(8)13;/h3,11H,1-2H3;. The van der Waals surface area contributed by atoms with Gasteiger partial charge in [0.05, 0.1) is 0 Å². The first-order valence-corrected chi connectivity index (χ1v) is 3.45. The Balaban J connectivity index is 0.00000169. The van der Waals surface area contributed by atoms with E-state index in [4.69, 9.17) is 0 Å². The van der Waals surface area contributed by atoms with Crippen molar-refractivity contribution in [2.24, 2.45) is 14.1 Å². The molecular formula is C7H8N2NaO4. The number of carbonyl (C=O) groups is 1. The van der Waals surface area contributed by atoms with Gasteiger partial charge in [0, 0.05) is 43.7 Å². The molecule has 0 spiro atoms. The van der Waals surface area contributed by atoms with Crippen LogP contribution in [0.2, 0.25) is 0 Å². The Morgan fingerprint density at radius 1 is 1.21 bits per heavy atom. The molecule has 1 heterocycles. The largest absolute Gasteiger partial charge is 0.494 e. The number of rotatable bonds is 1. The van der Waals surface area contributed by atoms with E-state index in [0.29, 0.717) is 0 Å². The summed E-state index contributed by atoms with van der Waals surface area (Å²) in [4.78, 5) is 32.7. The quantitative estimate of drug-likeness (QED) is 0.436. The molecule has 71 valence electrons. The molecule has 0 aliphatic carbocycles. The van der Waals surface area contributed by atoms with Crippen LogP contribution in [0.25, 0.3) is 0 Å². The van der Waals surface area contributed by atoms with Crippen molar-refractivity contribution in [1.82, 2.24) is 9.13 Å². The average Bonchev–Trinajstić information content (AvgIpc) is 2.13. The van der Waals surface area contributed by atoms with E-state index in [9.17, 15) is 19.5 Å². The molecule has 6 nitrogen and oxygen atoms in total. The number of hydrogen-bond donors (Lipinski definition) is 1. The molecule has 1 aromatic rings. The third-order valence-corrected chi connectivity index (χ3v) is 1.79. The third-order valence-electron chi connectivity index (χ3n) is 1.79. The molecule has 0 bridgehead atoms. The number of hydrogen-bond acceptors (Lipinski definition) is 4. The van der Waals surface area contributed by atoms with Crippen LogP contribution in [-0.4, -0.2) is 50.1 Å². The van der Waals surface area contributed by atoms with Gasteiger partial charge in [0.2, 0.25) is 5.88 Å². The number of aldehydes is 1. The van der Waals surface area contributed by atoms with Gasteiger partial charge in [0.25, 0.3) is 5.56 Å². The van der Waals surface area contributed by atoms with E-state index >= 15 is 0 Å². The van der Waals surface area contributed by atoms with E-state index in [1.165, 1.54) is 14.1 Å². The molecule has 0 aromatic carbocycles. The summed E-state index contributed by atoms with van der Waals surface area (Å²) in [5.41, 5.74) is -1.88. The second-order valence-corrected chi connectivity index (χ2v) is 2.56. The second kappa shape index (κ2) is 4.59. The van der Waals surface area contributed by atoms with Gasteiger partial charge in [-0.25, -0.2) is 4.79 Å². The van der Waals surface area contributed by atoms with Gasteiger partial charge in [0.1, 0.15) is 5.56 Å². The molecule has 1 rings (SSSR count). The maximum Gasteiger partial charge on any atom is 0.333 e. The van der Waals surface area contributed by atoms with E-state index < -0.39 is 22.7 Å². The van der Waals surface area contributed by atoms with Crippen molar-refractivity contribution in [3.05, 3.63) is 26.4 Å². The van der Waals surface area contributed by atoms with Crippen LogP contribution >= 0.6 is 0 Å². The summed E-state index contributed by atoms with van der Waals surface area (Å²) in [5, 5.41) is 9.20. The van der Waals surface area contributed by atoms with Gasteiger partial charge in [0.15, 0.2) is 6.29 Å². The molecule has 1 radical (unpaired) electrons. The summed E-state index contributed by atoms with van der Waals surface area (Å²) in [5.74, 6) is -0.608. The zero-order chi connectivity index (χ0) is 10.2. The van der Waals surface area contributed by atoms with E-state index in [0.717, 1.165) is 9.13 Å². The first-order chi connectivity index (χ1) is 6.00. The Hall–Kier alpha value is -0.850. The Bertz CT molecular complexity index is 474. The van der Waals surface area contributed by atoms with E-state index in [1.54, 1.807) is 0 Å². The summed E-state index contributed by atoms with van der Waals surface area (Å²) >= 11 is 0. The fourth-order valence-electron chi connectivity index (χ4n) is 0.963. The minimum Gasteiger partial charge on any atom is -0.494 e. The number of nitrogens with zero attached hydrogens (tertiary/aromatic N) is 2. The maximum atomic E-state index is 11.2. The second-order valence-electron chi connectivity index (χ2n) is 2.56. The summed E-state index contributed by atoms with van der Waals surface area (Å²) in [6, 6.07) is 0. The summed E-state index contributed by atoms with van der Waals surface area (Å²) in [7, 11) is 2.50. The van der Waals surface area contributed by atoms with Gasteiger partial charge < -0.3 is 5.11 Å². The molecular weight excluding hydrogens is 199 g/mol. The predicted molar refractivity (Wildman–Crippen MR) is 49.7 cm³/mol. The van der Waals surface area contributed by atoms with E-state index in [-0.39, 0.29) is 35.8 Å². The molecule has 0 saturated heterocycles. The van der Waals surface area contributed by atoms with E-state index in [1.807, 2.05) is 0 Å². The zero-order valence-corrected chi connectivity index (χ0v) is 10.1. The number of aromatic nitrogens is 2. The Morgan fingerprint density at radius 2 is 1.71 bits per heavy atom. The van der Waals surface area contributed by atoms with Gasteiger partial charge in [-0.3, -0.25) is 18.7 Å². The van der Waals surface area contributed by atoms with Gasteiger partial charge in [-0.05, 0) is 0 Å². The molecule has 1 N–H and O–H groups in total. The molecule has 1 aromatic heterocycles. The van der Waals surface area contributed by atoms with Crippen LogP contribution in [0.4, 0.5) is 0 Å². The van der Waals surface area contributed by atoms with Crippen LogP contribution < -0.4 is 11.2 Å². The molecule has 0 saturated carbocycles. The summed E-state index contributed by atoms with van der Waals surface area (Å²) in [6.07, 6.45) is 0.219.